The summed E-state index contributed by atoms with van der Waals surface area (Å²) in [5.41, 5.74) is 1.52. The second-order valence-electron chi connectivity index (χ2n) is 6.00. The molecule has 22 heavy (non-hydrogen) atoms. The lowest BCUT2D eigenvalue weighted by Crippen LogP contribution is -2.38. The van der Waals surface area contributed by atoms with Crippen molar-refractivity contribution < 1.29 is 9.47 Å². The zero-order valence-corrected chi connectivity index (χ0v) is 13.4. The van der Waals surface area contributed by atoms with Gasteiger partial charge >= 0.3 is 0 Å². The van der Waals surface area contributed by atoms with E-state index in [4.69, 9.17) is 21.1 Å². The summed E-state index contributed by atoms with van der Waals surface area (Å²) < 4.78 is 11.4. The van der Waals surface area contributed by atoms with Gasteiger partial charge in [0.25, 0.3) is 0 Å². The maximum absolute atomic E-state index is 9.26. The van der Waals surface area contributed by atoms with E-state index in [2.05, 4.69) is 11.0 Å². The Labute approximate surface area is 136 Å². The maximum Gasteiger partial charge on any atom is 0.101 e. The molecule has 0 aromatic heterocycles. The molecule has 0 N–H and O–H groups in total. The third-order valence-electron chi connectivity index (χ3n) is 4.46. The Morgan fingerprint density at radius 1 is 1.32 bits per heavy atom. The Kier molecular flexibility index (Phi) is 5.20. The molecule has 2 saturated heterocycles. The minimum Gasteiger partial charge on any atom is -0.381 e. The van der Waals surface area contributed by atoms with Gasteiger partial charge in [0.05, 0.1) is 35.6 Å². The average molecular weight is 321 g/mol. The van der Waals surface area contributed by atoms with E-state index in [0.29, 0.717) is 22.6 Å². The van der Waals surface area contributed by atoms with E-state index >= 15 is 0 Å². The van der Waals surface area contributed by atoms with E-state index in [0.717, 1.165) is 57.9 Å². The maximum atomic E-state index is 9.26. The minimum absolute atomic E-state index is 0.310. The number of ether oxygens (including phenoxy) is 2. The Morgan fingerprint density at radius 3 is 2.82 bits per heavy atom. The van der Waals surface area contributed by atoms with E-state index < -0.39 is 0 Å². The van der Waals surface area contributed by atoms with Crippen molar-refractivity contribution in [3.63, 3.8) is 0 Å². The topological polar surface area (TPSA) is 45.5 Å². The molecule has 4 nitrogen and oxygen atoms in total. The van der Waals surface area contributed by atoms with Crippen LogP contribution in [-0.2, 0) is 9.47 Å². The van der Waals surface area contributed by atoms with Gasteiger partial charge in [-0.2, -0.15) is 5.26 Å². The van der Waals surface area contributed by atoms with Crippen molar-refractivity contribution in [2.45, 2.75) is 25.4 Å². The average Bonchev–Trinajstić information content (AvgIpc) is 3.07. The van der Waals surface area contributed by atoms with Crippen molar-refractivity contribution in [1.82, 2.24) is 0 Å². The number of halogens is 1. The van der Waals surface area contributed by atoms with Gasteiger partial charge in [-0.3, -0.25) is 0 Å². The quantitative estimate of drug-likeness (QED) is 0.854. The van der Waals surface area contributed by atoms with Gasteiger partial charge in [0.15, 0.2) is 0 Å². The lowest BCUT2D eigenvalue weighted by molar-refractivity contribution is 0.0132. The fraction of sp³-hybridized carbons (Fsp3) is 0.588. The lowest BCUT2D eigenvalue weighted by atomic mass is 10.0. The van der Waals surface area contributed by atoms with Crippen molar-refractivity contribution in [1.29, 1.82) is 5.26 Å². The molecular weight excluding hydrogens is 300 g/mol. The number of para-hydroxylation sites is 1. The highest BCUT2D eigenvalue weighted by atomic mass is 35.5. The first-order chi connectivity index (χ1) is 10.8. The number of rotatable bonds is 4. The molecule has 5 heteroatoms. The zero-order valence-electron chi connectivity index (χ0n) is 12.6. The first-order valence-corrected chi connectivity index (χ1v) is 8.28. The van der Waals surface area contributed by atoms with Gasteiger partial charge in [0, 0.05) is 25.6 Å². The third kappa shape index (κ3) is 3.55. The second-order valence-corrected chi connectivity index (χ2v) is 6.40. The van der Waals surface area contributed by atoms with Crippen LogP contribution in [0.2, 0.25) is 5.02 Å². The molecule has 0 aliphatic carbocycles. The lowest BCUT2D eigenvalue weighted by Gasteiger charge is -2.34. The Bertz CT molecular complexity index is 544. The van der Waals surface area contributed by atoms with Crippen LogP contribution in [-0.4, -0.2) is 39.0 Å². The molecule has 2 aliphatic heterocycles. The van der Waals surface area contributed by atoms with Crippen LogP contribution in [0.1, 0.15) is 24.8 Å². The molecule has 0 radical (unpaired) electrons. The second kappa shape index (κ2) is 7.32. The largest absolute Gasteiger partial charge is 0.381 e. The van der Waals surface area contributed by atoms with Gasteiger partial charge in [0.2, 0.25) is 0 Å². The van der Waals surface area contributed by atoms with Crippen LogP contribution >= 0.6 is 11.6 Å². The number of hydrogen-bond acceptors (Lipinski definition) is 4. The number of nitriles is 1. The summed E-state index contributed by atoms with van der Waals surface area (Å²) in [4.78, 5) is 2.21. The fourth-order valence-corrected chi connectivity index (χ4v) is 3.45. The van der Waals surface area contributed by atoms with E-state index in [1.54, 1.807) is 0 Å². The van der Waals surface area contributed by atoms with Gasteiger partial charge in [-0.15, -0.1) is 0 Å². The third-order valence-corrected chi connectivity index (χ3v) is 4.76. The first-order valence-electron chi connectivity index (χ1n) is 7.91. The summed E-state index contributed by atoms with van der Waals surface area (Å²) in [7, 11) is 0. The van der Waals surface area contributed by atoms with Crippen LogP contribution in [0.4, 0.5) is 5.69 Å². The molecule has 1 aromatic carbocycles. The molecule has 2 aliphatic rings. The standard InChI is InChI=1S/C17H21ClN2O2/c18-16-3-1-2-14(10-19)17(16)20-7-4-15(5-8-20)22-12-13-6-9-21-11-13/h1-3,13,15H,4-9,11-12H2. The molecule has 0 amide bonds. The van der Waals surface area contributed by atoms with Crippen LogP contribution in [0.15, 0.2) is 18.2 Å². The van der Waals surface area contributed by atoms with E-state index in [-0.39, 0.29) is 0 Å². The van der Waals surface area contributed by atoms with Gasteiger partial charge < -0.3 is 14.4 Å². The van der Waals surface area contributed by atoms with Crippen molar-refractivity contribution in [3.8, 4) is 6.07 Å². The molecule has 0 saturated carbocycles. The highest BCUT2D eigenvalue weighted by Crippen LogP contribution is 2.32. The molecule has 3 rings (SSSR count). The van der Waals surface area contributed by atoms with Crippen molar-refractivity contribution in [2.24, 2.45) is 5.92 Å². The fourth-order valence-electron chi connectivity index (χ4n) is 3.16. The molecule has 2 fully saturated rings. The van der Waals surface area contributed by atoms with Gasteiger partial charge in [-0.25, -0.2) is 0 Å². The molecule has 1 atom stereocenters. The van der Waals surface area contributed by atoms with Gasteiger partial charge in [-0.05, 0) is 31.4 Å². The Hall–Kier alpha value is -1.28. The van der Waals surface area contributed by atoms with Gasteiger partial charge in [-0.1, -0.05) is 17.7 Å². The van der Waals surface area contributed by atoms with Crippen LogP contribution in [0.3, 0.4) is 0 Å². The van der Waals surface area contributed by atoms with Crippen LogP contribution < -0.4 is 4.90 Å². The van der Waals surface area contributed by atoms with E-state index in [9.17, 15) is 5.26 Å². The van der Waals surface area contributed by atoms with Gasteiger partial charge in [0.1, 0.15) is 6.07 Å². The highest BCUT2D eigenvalue weighted by molar-refractivity contribution is 6.33. The molecule has 0 bridgehead atoms. The number of anilines is 1. The molecule has 118 valence electrons. The summed E-state index contributed by atoms with van der Waals surface area (Å²) in [6.07, 6.45) is 3.38. The SMILES string of the molecule is N#Cc1cccc(Cl)c1N1CCC(OCC2CCOC2)CC1. The predicted octanol–water partition coefficient (Wildman–Crippen LogP) is 3.23. The summed E-state index contributed by atoms with van der Waals surface area (Å²) >= 11 is 6.29. The molecule has 0 spiro atoms. The molecule has 1 aromatic rings. The molecule has 1 unspecified atom stereocenters. The number of piperidine rings is 1. The van der Waals surface area contributed by atoms with E-state index in [1.807, 2.05) is 18.2 Å². The minimum atomic E-state index is 0.310. The highest BCUT2D eigenvalue weighted by Gasteiger charge is 2.24. The number of hydrogen-bond donors (Lipinski definition) is 0. The Morgan fingerprint density at radius 2 is 2.14 bits per heavy atom. The number of nitrogens with zero attached hydrogens (tertiary/aromatic N) is 2. The Balaban J connectivity index is 1.54. The van der Waals surface area contributed by atoms with Crippen molar-refractivity contribution in [3.05, 3.63) is 28.8 Å². The summed E-state index contributed by atoms with van der Waals surface area (Å²) in [5, 5.41) is 9.91. The van der Waals surface area contributed by atoms with Crippen molar-refractivity contribution >= 4 is 17.3 Å². The normalized spacial score (nSPS) is 22.7. The monoisotopic (exact) mass is 320 g/mol. The molecular formula is C17H21ClN2O2. The van der Waals surface area contributed by atoms with Crippen LogP contribution in [0, 0.1) is 17.2 Å². The zero-order chi connectivity index (χ0) is 15.4. The van der Waals surface area contributed by atoms with Crippen molar-refractivity contribution in [2.75, 3.05) is 37.8 Å². The first kappa shape index (κ1) is 15.6. The smallest absolute Gasteiger partial charge is 0.101 e. The summed E-state index contributed by atoms with van der Waals surface area (Å²) in [5.74, 6) is 0.562. The van der Waals surface area contributed by atoms with E-state index in [1.165, 1.54) is 0 Å². The summed E-state index contributed by atoms with van der Waals surface area (Å²) in [6.45, 7) is 4.27. The molecule has 2 heterocycles. The van der Waals surface area contributed by atoms with Crippen LogP contribution in [0.5, 0.6) is 0 Å². The number of benzene rings is 1. The summed E-state index contributed by atoms with van der Waals surface area (Å²) in [6, 6.07) is 7.73. The predicted molar refractivity (Wildman–Crippen MR) is 86.3 cm³/mol. The van der Waals surface area contributed by atoms with Crippen LogP contribution in [0.25, 0.3) is 0 Å².